The third-order valence-electron chi connectivity index (χ3n) is 3.28. The first-order valence-electron chi connectivity index (χ1n) is 7.05. The number of carboxylic acid groups (broad SMARTS) is 1. The number of thiocarbonyl (C=S) groups is 1. The van der Waals surface area contributed by atoms with Gasteiger partial charge in [-0.05, 0) is 36.1 Å². The monoisotopic (exact) mass is 369 g/mol. The quantitative estimate of drug-likeness (QED) is 0.627. The summed E-state index contributed by atoms with van der Waals surface area (Å²) in [6, 6.07) is 6.11. The number of aliphatic carboxylic acids is 1. The Morgan fingerprint density at radius 3 is 2.52 bits per heavy atom. The molecule has 1 amide bonds. The van der Waals surface area contributed by atoms with Crippen LogP contribution in [-0.4, -0.2) is 32.2 Å². The van der Waals surface area contributed by atoms with Crippen molar-refractivity contribution in [3.05, 3.63) is 39.8 Å². The maximum atomic E-state index is 12.6. The first-order chi connectivity index (χ1) is 10.8. The van der Waals surface area contributed by atoms with Gasteiger partial charge in [-0.2, -0.15) is 0 Å². The van der Waals surface area contributed by atoms with E-state index in [4.69, 9.17) is 23.8 Å². The highest BCUT2D eigenvalue weighted by Gasteiger charge is 2.40. The molecule has 0 radical (unpaired) electrons. The summed E-state index contributed by atoms with van der Waals surface area (Å²) >= 11 is 12.2. The van der Waals surface area contributed by atoms with Crippen molar-refractivity contribution in [1.29, 1.82) is 0 Å². The molecule has 2 rings (SSSR count). The van der Waals surface area contributed by atoms with E-state index in [0.717, 1.165) is 17.3 Å². The van der Waals surface area contributed by atoms with Gasteiger partial charge in [0.05, 0.1) is 4.91 Å². The van der Waals surface area contributed by atoms with Gasteiger partial charge in [-0.1, -0.05) is 61.6 Å². The average Bonchev–Trinajstić information content (AvgIpc) is 2.73. The molecule has 1 heterocycles. The van der Waals surface area contributed by atoms with Crippen LogP contribution >= 0.6 is 35.6 Å². The van der Waals surface area contributed by atoms with Crippen LogP contribution in [-0.2, 0) is 9.59 Å². The Morgan fingerprint density at radius 1 is 1.39 bits per heavy atom. The Kier molecular flexibility index (Phi) is 5.84. The highest BCUT2D eigenvalue weighted by atomic mass is 35.5. The number of benzene rings is 1. The Morgan fingerprint density at radius 2 is 2.00 bits per heavy atom. The molecule has 0 bridgehead atoms. The summed E-state index contributed by atoms with van der Waals surface area (Å²) in [5.74, 6) is -1.26. The number of halogens is 1. The Balaban J connectivity index is 2.28. The van der Waals surface area contributed by atoms with Gasteiger partial charge >= 0.3 is 5.97 Å². The van der Waals surface area contributed by atoms with Crippen molar-refractivity contribution in [1.82, 2.24) is 4.90 Å². The second-order valence-corrected chi connectivity index (χ2v) is 7.70. The smallest absolute Gasteiger partial charge is 0.326 e. The first-order valence-corrected chi connectivity index (χ1v) is 8.65. The van der Waals surface area contributed by atoms with Crippen LogP contribution < -0.4 is 0 Å². The highest BCUT2D eigenvalue weighted by Crippen LogP contribution is 2.35. The summed E-state index contributed by atoms with van der Waals surface area (Å²) in [6.07, 6.45) is 2.06. The van der Waals surface area contributed by atoms with Crippen molar-refractivity contribution < 1.29 is 14.7 Å². The molecule has 1 atom stereocenters. The summed E-state index contributed by atoms with van der Waals surface area (Å²) < 4.78 is 0.281. The van der Waals surface area contributed by atoms with Crippen LogP contribution in [0.15, 0.2) is 29.2 Å². The van der Waals surface area contributed by atoms with Crippen LogP contribution in [0.1, 0.15) is 25.8 Å². The Labute approximate surface area is 149 Å². The maximum absolute atomic E-state index is 12.6. The molecule has 1 fully saturated rings. The lowest BCUT2D eigenvalue weighted by atomic mass is 10.0. The Hall–Kier alpha value is -1.37. The third-order valence-corrected chi connectivity index (χ3v) is 4.87. The lowest BCUT2D eigenvalue weighted by molar-refractivity contribution is -0.145. The zero-order valence-electron chi connectivity index (χ0n) is 12.7. The Bertz CT molecular complexity index is 670. The SMILES string of the molecule is CC(C)CC(C(=O)O)N1C(=O)C(=Cc2ccc(Cl)cc2)SC1=S. The number of rotatable bonds is 5. The molecule has 1 aliphatic heterocycles. The van der Waals surface area contributed by atoms with E-state index in [9.17, 15) is 14.7 Å². The van der Waals surface area contributed by atoms with Crippen LogP contribution in [0.25, 0.3) is 6.08 Å². The minimum absolute atomic E-state index is 0.140. The van der Waals surface area contributed by atoms with Gasteiger partial charge < -0.3 is 5.11 Å². The predicted octanol–water partition coefficient (Wildman–Crippen LogP) is 4.04. The minimum Gasteiger partial charge on any atom is -0.480 e. The van der Waals surface area contributed by atoms with Crippen molar-refractivity contribution >= 4 is 57.9 Å². The normalized spacial score (nSPS) is 18.1. The standard InChI is InChI=1S/C16H16ClNO3S2/c1-9(2)7-12(15(20)21)18-14(19)13(23-16(18)22)8-10-3-5-11(17)6-4-10/h3-6,8-9,12H,7H2,1-2H3,(H,20,21). The van der Waals surface area contributed by atoms with Gasteiger partial charge in [0.1, 0.15) is 10.4 Å². The van der Waals surface area contributed by atoms with Gasteiger partial charge in [-0.15, -0.1) is 0 Å². The number of thioether (sulfide) groups is 1. The van der Waals surface area contributed by atoms with Crippen molar-refractivity contribution in [3.8, 4) is 0 Å². The van der Waals surface area contributed by atoms with Crippen molar-refractivity contribution in [2.45, 2.75) is 26.3 Å². The molecule has 1 saturated heterocycles. The minimum atomic E-state index is -1.04. The van der Waals surface area contributed by atoms with E-state index in [1.165, 1.54) is 4.90 Å². The summed E-state index contributed by atoms with van der Waals surface area (Å²) in [5.41, 5.74) is 0.811. The zero-order valence-corrected chi connectivity index (χ0v) is 15.0. The van der Waals surface area contributed by atoms with Crippen LogP contribution in [0.4, 0.5) is 0 Å². The average molecular weight is 370 g/mol. The molecule has 1 aliphatic rings. The molecule has 122 valence electrons. The first kappa shape index (κ1) is 18.0. The third kappa shape index (κ3) is 4.34. The van der Waals surface area contributed by atoms with Crippen molar-refractivity contribution in [2.75, 3.05) is 0 Å². The fraction of sp³-hybridized carbons (Fsp3) is 0.312. The van der Waals surface area contributed by atoms with E-state index in [-0.39, 0.29) is 16.1 Å². The molecule has 1 unspecified atom stereocenters. The van der Waals surface area contributed by atoms with E-state index < -0.39 is 12.0 Å². The summed E-state index contributed by atoms with van der Waals surface area (Å²) in [7, 11) is 0. The number of carbonyl (C=O) groups excluding carboxylic acids is 1. The highest BCUT2D eigenvalue weighted by molar-refractivity contribution is 8.26. The topological polar surface area (TPSA) is 57.6 Å². The number of hydrogen-bond acceptors (Lipinski definition) is 4. The molecule has 1 aromatic rings. The van der Waals surface area contributed by atoms with Crippen molar-refractivity contribution in [3.63, 3.8) is 0 Å². The maximum Gasteiger partial charge on any atom is 0.326 e. The van der Waals surface area contributed by atoms with E-state index in [2.05, 4.69) is 0 Å². The van der Waals surface area contributed by atoms with Gasteiger partial charge in [0.25, 0.3) is 5.91 Å². The molecule has 0 aliphatic carbocycles. The summed E-state index contributed by atoms with van der Waals surface area (Å²) in [5, 5.41) is 10.0. The molecule has 0 aromatic heterocycles. The van der Waals surface area contributed by atoms with Crippen LogP contribution in [0.3, 0.4) is 0 Å². The van der Waals surface area contributed by atoms with E-state index in [1.54, 1.807) is 30.3 Å². The second-order valence-electron chi connectivity index (χ2n) is 5.59. The van der Waals surface area contributed by atoms with Crippen LogP contribution in [0.2, 0.25) is 5.02 Å². The molecule has 7 heteroatoms. The molecule has 4 nitrogen and oxygen atoms in total. The number of hydrogen-bond donors (Lipinski definition) is 1. The van der Waals surface area contributed by atoms with Gasteiger partial charge in [0.2, 0.25) is 0 Å². The summed E-state index contributed by atoms with van der Waals surface area (Å²) in [4.78, 5) is 25.7. The molecule has 1 aromatic carbocycles. The van der Waals surface area contributed by atoms with Crippen LogP contribution in [0, 0.1) is 5.92 Å². The van der Waals surface area contributed by atoms with Crippen molar-refractivity contribution in [2.24, 2.45) is 5.92 Å². The van der Waals surface area contributed by atoms with E-state index in [1.807, 2.05) is 13.8 Å². The molecule has 23 heavy (non-hydrogen) atoms. The molecular weight excluding hydrogens is 354 g/mol. The number of carbonyl (C=O) groups is 2. The molecule has 0 saturated carbocycles. The van der Waals surface area contributed by atoms with E-state index in [0.29, 0.717) is 16.3 Å². The molecular formula is C16H16ClNO3S2. The second kappa shape index (κ2) is 7.47. The van der Waals surface area contributed by atoms with Gasteiger partial charge in [0.15, 0.2) is 0 Å². The van der Waals surface area contributed by atoms with Gasteiger partial charge in [-0.25, -0.2) is 4.79 Å². The van der Waals surface area contributed by atoms with E-state index >= 15 is 0 Å². The van der Waals surface area contributed by atoms with Crippen LogP contribution in [0.5, 0.6) is 0 Å². The lowest BCUT2D eigenvalue weighted by Crippen LogP contribution is -2.44. The fourth-order valence-corrected chi connectivity index (χ4v) is 3.70. The zero-order chi connectivity index (χ0) is 17.1. The van der Waals surface area contributed by atoms with Gasteiger partial charge in [-0.3, -0.25) is 9.69 Å². The molecule has 0 spiro atoms. The lowest BCUT2D eigenvalue weighted by Gasteiger charge is -2.24. The number of amides is 1. The number of carboxylic acids is 1. The fourth-order valence-electron chi connectivity index (χ4n) is 2.22. The largest absolute Gasteiger partial charge is 0.480 e. The number of nitrogens with zero attached hydrogens (tertiary/aromatic N) is 1. The van der Waals surface area contributed by atoms with Gasteiger partial charge in [0, 0.05) is 5.02 Å². The summed E-state index contributed by atoms with van der Waals surface area (Å²) in [6.45, 7) is 3.83. The molecule has 1 N–H and O–H groups in total. The predicted molar refractivity (Wildman–Crippen MR) is 97.3 cm³/mol.